The third kappa shape index (κ3) is 6.69. The molecule has 2 heterocycles. The number of carbonyl (C=O) groups excluding carboxylic acids is 1. The summed E-state index contributed by atoms with van der Waals surface area (Å²) >= 11 is 0. The van der Waals surface area contributed by atoms with Gasteiger partial charge in [0.1, 0.15) is 18.1 Å². The van der Waals surface area contributed by atoms with Crippen molar-refractivity contribution in [2.45, 2.75) is 20.5 Å². The van der Waals surface area contributed by atoms with Gasteiger partial charge in [-0.15, -0.1) is 0 Å². The van der Waals surface area contributed by atoms with Crippen molar-refractivity contribution in [2.75, 3.05) is 26.2 Å². The molecule has 0 radical (unpaired) electrons. The van der Waals surface area contributed by atoms with Gasteiger partial charge >= 0.3 is 0 Å². The first kappa shape index (κ1) is 24.9. The summed E-state index contributed by atoms with van der Waals surface area (Å²) in [6, 6.07) is 16.9. The molecule has 4 rings (SSSR count). The Labute approximate surface area is 210 Å². The van der Waals surface area contributed by atoms with Crippen LogP contribution >= 0.6 is 0 Å². The summed E-state index contributed by atoms with van der Waals surface area (Å²) in [6.07, 6.45) is 5.04. The van der Waals surface area contributed by atoms with Gasteiger partial charge in [-0.3, -0.25) is 9.63 Å². The molecule has 1 saturated heterocycles. The summed E-state index contributed by atoms with van der Waals surface area (Å²) in [4.78, 5) is 23.8. The zero-order chi connectivity index (χ0) is 25.3. The second-order valence-corrected chi connectivity index (χ2v) is 8.42. The molecule has 1 N–H and O–H groups in total. The number of aromatic nitrogens is 1. The number of benzene rings is 2. The molecular formula is C28H28N4O4. The third-order valence-corrected chi connectivity index (χ3v) is 5.67. The summed E-state index contributed by atoms with van der Waals surface area (Å²) in [5, 5.41) is 8.89. The molecule has 0 saturated carbocycles. The van der Waals surface area contributed by atoms with Crippen molar-refractivity contribution < 1.29 is 19.1 Å². The smallest absolute Gasteiger partial charge is 0.246 e. The predicted molar refractivity (Wildman–Crippen MR) is 135 cm³/mol. The molecule has 1 aliphatic heterocycles. The highest BCUT2D eigenvalue weighted by Gasteiger charge is 2.13. The van der Waals surface area contributed by atoms with E-state index in [9.17, 15) is 4.79 Å². The fraction of sp³-hybridized carbons (Fsp3) is 0.250. The average molecular weight is 485 g/mol. The maximum absolute atomic E-state index is 12.5. The van der Waals surface area contributed by atoms with E-state index in [0.717, 1.165) is 28.0 Å². The summed E-state index contributed by atoms with van der Waals surface area (Å²) < 4.78 is 11.8. The Kier molecular flexibility index (Phi) is 8.29. The normalized spacial score (nSPS) is 13.8. The highest BCUT2D eigenvalue weighted by atomic mass is 16.6. The van der Waals surface area contributed by atoms with E-state index in [1.54, 1.807) is 35.4 Å². The Morgan fingerprint density at radius 2 is 1.94 bits per heavy atom. The average Bonchev–Trinajstić information content (AvgIpc) is 3.19. The molecule has 184 valence electrons. The van der Waals surface area contributed by atoms with Gasteiger partial charge in [-0.2, -0.15) is 5.26 Å². The number of amides is 1. The molecular weight excluding hydrogens is 456 g/mol. The first-order valence-corrected chi connectivity index (χ1v) is 11.7. The number of rotatable bonds is 7. The van der Waals surface area contributed by atoms with Gasteiger partial charge in [0.05, 0.1) is 24.4 Å². The van der Waals surface area contributed by atoms with Gasteiger partial charge in [-0.25, -0.2) is 10.5 Å². The Morgan fingerprint density at radius 1 is 1.17 bits per heavy atom. The minimum Gasteiger partial charge on any atom is -0.487 e. The van der Waals surface area contributed by atoms with Gasteiger partial charge < -0.3 is 14.4 Å². The lowest BCUT2D eigenvalue weighted by molar-refractivity contribution is -0.125. The third-order valence-electron chi connectivity index (χ3n) is 5.67. The minimum atomic E-state index is -0.0383. The summed E-state index contributed by atoms with van der Waals surface area (Å²) in [5.41, 5.74) is 7.21. The highest BCUT2D eigenvalue weighted by molar-refractivity contribution is 5.91. The van der Waals surface area contributed by atoms with Gasteiger partial charge in [-0.1, -0.05) is 12.1 Å². The van der Waals surface area contributed by atoms with Crippen LogP contribution in [-0.2, 0) is 16.2 Å². The Balaban J connectivity index is 1.36. The fourth-order valence-electron chi connectivity index (χ4n) is 3.79. The predicted octanol–water partition coefficient (Wildman–Crippen LogP) is 4.32. The number of nitriles is 1. The van der Waals surface area contributed by atoms with Crippen molar-refractivity contribution in [2.24, 2.45) is 0 Å². The second kappa shape index (κ2) is 12.0. The molecule has 1 aromatic heterocycles. The van der Waals surface area contributed by atoms with Crippen LogP contribution < -0.4 is 15.0 Å². The number of nitrogens with zero attached hydrogens (tertiary/aromatic N) is 3. The molecule has 0 bridgehead atoms. The van der Waals surface area contributed by atoms with Gasteiger partial charge in [0.2, 0.25) is 11.8 Å². The summed E-state index contributed by atoms with van der Waals surface area (Å²) in [5.74, 6) is 1.77. The van der Waals surface area contributed by atoms with Gasteiger partial charge in [0.15, 0.2) is 0 Å². The molecule has 0 unspecified atom stereocenters. The molecule has 8 heteroatoms. The molecule has 1 fully saturated rings. The highest BCUT2D eigenvalue weighted by Crippen LogP contribution is 2.30. The van der Waals surface area contributed by atoms with E-state index in [2.05, 4.69) is 16.5 Å². The van der Waals surface area contributed by atoms with Crippen LogP contribution in [0.3, 0.4) is 0 Å². The first-order valence-electron chi connectivity index (χ1n) is 11.7. The van der Waals surface area contributed by atoms with Crippen LogP contribution in [0.5, 0.6) is 17.4 Å². The van der Waals surface area contributed by atoms with E-state index >= 15 is 0 Å². The van der Waals surface area contributed by atoms with E-state index < -0.39 is 0 Å². The van der Waals surface area contributed by atoms with Crippen molar-refractivity contribution in [3.8, 4) is 23.4 Å². The lowest BCUT2D eigenvalue weighted by Crippen LogP contribution is -2.33. The fourth-order valence-corrected chi connectivity index (χ4v) is 3.79. The van der Waals surface area contributed by atoms with E-state index in [1.807, 2.05) is 50.3 Å². The molecule has 36 heavy (non-hydrogen) atoms. The van der Waals surface area contributed by atoms with Crippen LogP contribution in [0.2, 0.25) is 0 Å². The standard InChI is InChI=1S/C28H28N4O4/c1-20-15-24(7-10-27(33)32-12-11-31-35-14-13-32)16-21(2)28(20)36-26-9-8-25(18-30-26)34-19-23-5-3-22(17-29)4-6-23/h3-10,15-16,18,31H,11-14,19H2,1-2H3. The van der Waals surface area contributed by atoms with Crippen LogP contribution in [0.25, 0.3) is 6.08 Å². The SMILES string of the molecule is Cc1cc(C=CC(=O)N2CCNOCC2)cc(C)c1Oc1ccc(OCc2ccc(C#N)cc2)cn1. The van der Waals surface area contributed by atoms with E-state index in [0.29, 0.717) is 50.0 Å². The Hall–Kier alpha value is -4.19. The maximum atomic E-state index is 12.5. The zero-order valence-corrected chi connectivity index (χ0v) is 20.4. The van der Waals surface area contributed by atoms with Crippen molar-refractivity contribution in [1.29, 1.82) is 5.26 Å². The maximum Gasteiger partial charge on any atom is 0.246 e. The van der Waals surface area contributed by atoms with Gasteiger partial charge in [0, 0.05) is 31.8 Å². The van der Waals surface area contributed by atoms with Crippen molar-refractivity contribution in [3.05, 3.63) is 88.6 Å². The van der Waals surface area contributed by atoms with Crippen molar-refractivity contribution in [1.82, 2.24) is 15.4 Å². The summed E-state index contributed by atoms with van der Waals surface area (Å²) in [6.45, 7) is 6.58. The molecule has 0 spiro atoms. The number of hydrogen-bond acceptors (Lipinski definition) is 7. The largest absolute Gasteiger partial charge is 0.487 e. The number of hydrogen-bond donors (Lipinski definition) is 1. The molecule has 0 aliphatic carbocycles. The number of hydroxylamine groups is 1. The monoisotopic (exact) mass is 484 g/mol. The lowest BCUT2D eigenvalue weighted by atomic mass is 10.1. The lowest BCUT2D eigenvalue weighted by Gasteiger charge is -2.16. The van der Waals surface area contributed by atoms with Crippen LogP contribution in [0.15, 0.2) is 60.8 Å². The zero-order valence-electron chi connectivity index (χ0n) is 20.4. The molecule has 1 amide bonds. The quantitative estimate of drug-likeness (QED) is 0.499. The van der Waals surface area contributed by atoms with Crippen LogP contribution in [0.1, 0.15) is 27.8 Å². The van der Waals surface area contributed by atoms with Crippen molar-refractivity contribution in [3.63, 3.8) is 0 Å². The Bertz CT molecular complexity index is 1230. The minimum absolute atomic E-state index is 0.0383. The van der Waals surface area contributed by atoms with Crippen LogP contribution in [0, 0.1) is 25.2 Å². The van der Waals surface area contributed by atoms with Crippen LogP contribution in [0.4, 0.5) is 0 Å². The molecule has 2 aromatic carbocycles. The molecule has 8 nitrogen and oxygen atoms in total. The topological polar surface area (TPSA) is 96.7 Å². The first-order chi connectivity index (χ1) is 17.5. The number of ether oxygens (including phenoxy) is 2. The number of pyridine rings is 1. The van der Waals surface area contributed by atoms with E-state index in [4.69, 9.17) is 19.6 Å². The van der Waals surface area contributed by atoms with E-state index in [1.165, 1.54) is 0 Å². The van der Waals surface area contributed by atoms with Crippen LogP contribution in [-0.4, -0.2) is 42.0 Å². The van der Waals surface area contributed by atoms with Crippen molar-refractivity contribution >= 4 is 12.0 Å². The van der Waals surface area contributed by atoms with Gasteiger partial charge in [0.25, 0.3) is 0 Å². The summed E-state index contributed by atoms with van der Waals surface area (Å²) in [7, 11) is 0. The van der Waals surface area contributed by atoms with Gasteiger partial charge in [-0.05, 0) is 72.5 Å². The number of nitrogens with one attached hydrogen (secondary N) is 1. The number of carbonyl (C=O) groups is 1. The Morgan fingerprint density at radius 3 is 2.64 bits per heavy atom. The second-order valence-electron chi connectivity index (χ2n) is 8.42. The molecule has 3 aromatic rings. The molecule has 1 aliphatic rings. The van der Waals surface area contributed by atoms with E-state index in [-0.39, 0.29) is 5.91 Å². The molecule has 0 atom stereocenters. The number of aryl methyl sites for hydroxylation is 2.